The van der Waals surface area contributed by atoms with Crippen molar-refractivity contribution < 1.29 is 39.9 Å². The molecular formula is C19H27I2N3O8. The van der Waals surface area contributed by atoms with Gasteiger partial charge in [-0.1, -0.05) is 6.92 Å². The van der Waals surface area contributed by atoms with E-state index in [0.29, 0.717) is 9.13 Å². The van der Waals surface area contributed by atoms with Crippen molar-refractivity contribution in [3.63, 3.8) is 0 Å². The number of rotatable bonds is 11. The summed E-state index contributed by atoms with van der Waals surface area (Å²) in [6, 6.07) is -1.89. The molecule has 1 rings (SSSR count). The highest BCUT2D eigenvalue weighted by Gasteiger charge is 2.30. The molecule has 1 atom stereocenters. The Bertz CT molecular complexity index is 843. The van der Waals surface area contributed by atoms with Crippen LogP contribution in [0.3, 0.4) is 0 Å². The molecule has 3 amide bonds. The van der Waals surface area contributed by atoms with Crippen molar-refractivity contribution in [2.45, 2.75) is 38.5 Å². The van der Waals surface area contributed by atoms with Gasteiger partial charge >= 0.3 is 0 Å². The minimum atomic E-state index is -1.36. The zero-order chi connectivity index (χ0) is 24.6. The molecule has 0 unspecified atom stereocenters. The first-order valence-electron chi connectivity index (χ1n) is 9.65. The van der Waals surface area contributed by atoms with Crippen LogP contribution >= 0.6 is 45.2 Å². The molecule has 0 spiro atoms. The number of nitrogens with one attached hydrogen (secondary N) is 3. The molecule has 0 aliphatic rings. The molecule has 180 valence electrons. The summed E-state index contributed by atoms with van der Waals surface area (Å²) in [5, 5.41) is 54.4. The Hall–Kier alpha value is -1.11. The molecule has 0 fully saturated rings. The lowest BCUT2D eigenvalue weighted by molar-refractivity contribution is -0.123. The van der Waals surface area contributed by atoms with Gasteiger partial charge in [-0.3, -0.25) is 14.4 Å². The third kappa shape index (κ3) is 6.94. The van der Waals surface area contributed by atoms with Crippen molar-refractivity contribution in [2.24, 2.45) is 0 Å². The molecule has 32 heavy (non-hydrogen) atoms. The third-order valence-electron chi connectivity index (χ3n) is 4.47. The van der Waals surface area contributed by atoms with Gasteiger partial charge < -0.3 is 41.5 Å². The van der Waals surface area contributed by atoms with Gasteiger partial charge in [-0.05, 0) is 64.1 Å². The van der Waals surface area contributed by atoms with Gasteiger partial charge in [0.15, 0.2) is 0 Å². The van der Waals surface area contributed by atoms with Crippen LogP contribution in [0.15, 0.2) is 0 Å². The highest BCUT2D eigenvalue weighted by molar-refractivity contribution is 14.1. The van der Waals surface area contributed by atoms with E-state index in [1.54, 1.807) is 6.92 Å². The number of aliphatic hydroxyl groups is 5. The quantitative estimate of drug-likeness (QED) is 0.136. The summed E-state index contributed by atoms with van der Waals surface area (Å²) in [6.07, 6.45) is -1.09. The lowest BCUT2D eigenvalue weighted by Gasteiger charge is -2.24. The SMILES string of the molecule is CCc1c(NC(=O)[C@H](C)O)c(I)c(C(=O)NC(CO)CO)c(I)c1C(=O)NC(CO)CO. The highest BCUT2D eigenvalue weighted by Crippen LogP contribution is 2.35. The second kappa shape index (κ2) is 13.6. The highest BCUT2D eigenvalue weighted by atomic mass is 127. The van der Waals surface area contributed by atoms with Gasteiger partial charge in [0.25, 0.3) is 17.7 Å². The lowest BCUT2D eigenvalue weighted by atomic mass is 9.97. The van der Waals surface area contributed by atoms with Crippen LogP contribution in [0.5, 0.6) is 0 Å². The number of amides is 3. The van der Waals surface area contributed by atoms with E-state index in [4.69, 9.17) is 0 Å². The maximum Gasteiger partial charge on any atom is 0.253 e. The van der Waals surface area contributed by atoms with Crippen LogP contribution in [-0.4, -0.2) is 87.9 Å². The topological polar surface area (TPSA) is 188 Å². The fourth-order valence-corrected chi connectivity index (χ4v) is 5.27. The average molecular weight is 679 g/mol. The maximum atomic E-state index is 13.1. The Labute approximate surface area is 212 Å². The molecule has 0 aliphatic carbocycles. The molecule has 11 nitrogen and oxygen atoms in total. The first-order valence-corrected chi connectivity index (χ1v) is 11.8. The van der Waals surface area contributed by atoms with E-state index in [1.807, 2.05) is 45.2 Å². The molecule has 0 aliphatic heterocycles. The second-order valence-corrected chi connectivity index (χ2v) is 8.98. The van der Waals surface area contributed by atoms with Gasteiger partial charge in [-0.2, -0.15) is 0 Å². The van der Waals surface area contributed by atoms with Gasteiger partial charge in [0.1, 0.15) is 6.10 Å². The van der Waals surface area contributed by atoms with Crippen molar-refractivity contribution in [3.05, 3.63) is 23.8 Å². The molecule has 0 heterocycles. The zero-order valence-corrected chi connectivity index (χ0v) is 21.8. The smallest absolute Gasteiger partial charge is 0.253 e. The predicted octanol–water partition coefficient (Wildman–Crippen LogP) is -1.06. The van der Waals surface area contributed by atoms with Crippen molar-refractivity contribution >= 4 is 68.6 Å². The number of hydrogen-bond donors (Lipinski definition) is 8. The lowest BCUT2D eigenvalue weighted by Crippen LogP contribution is -2.42. The second-order valence-electron chi connectivity index (χ2n) is 6.82. The van der Waals surface area contributed by atoms with Crippen molar-refractivity contribution in [3.8, 4) is 0 Å². The number of anilines is 1. The number of aliphatic hydroxyl groups excluding tert-OH is 5. The maximum absolute atomic E-state index is 13.1. The Morgan fingerprint density at radius 3 is 1.66 bits per heavy atom. The van der Waals surface area contributed by atoms with E-state index >= 15 is 0 Å². The monoisotopic (exact) mass is 679 g/mol. The Morgan fingerprint density at radius 1 is 0.844 bits per heavy atom. The van der Waals surface area contributed by atoms with Gasteiger partial charge in [-0.25, -0.2) is 0 Å². The van der Waals surface area contributed by atoms with Crippen molar-refractivity contribution in [1.82, 2.24) is 10.6 Å². The van der Waals surface area contributed by atoms with E-state index in [-0.39, 0.29) is 26.8 Å². The summed E-state index contributed by atoms with van der Waals surface area (Å²) in [5.41, 5.74) is 0.614. The first kappa shape index (κ1) is 28.9. The predicted molar refractivity (Wildman–Crippen MR) is 132 cm³/mol. The Morgan fingerprint density at radius 2 is 1.28 bits per heavy atom. The number of benzene rings is 1. The normalized spacial score (nSPS) is 12.1. The van der Waals surface area contributed by atoms with Crippen LogP contribution in [0.2, 0.25) is 0 Å². The van der Waals surface area contributed by atoms with E-state index in [2.05, 4.69) is 16.0 Å². The van der Waals surface area contributed by atoms with E-state index in [1.165, 1.54) is 6.92 Å². The Kier molecular flexibility index (Phi) is 12.3. The number of hydrogen-bond acceptors (Lipinski definition) is 8. The zero-order valence-electron chi connectivity index (χ0n) is 17.5. The third-order valence-corrected chi connectivity index (χ3v) is 6.63. The van der Waals surface area contributed by atoms with Gasteiger partial charge in [-0.15, -0.1) is 0 Å². The number of halogens is 2. The first-order chi connectivity index (χ1) is 15.1. The molecule has 8 N–H and O–H groups in total. The summed E-state index contributed by atoms with van der Waals surface area (Å²) < 4.78 is 0.528. The molecule has 1 aromatic carbocycles. The summed E-state index contributed by atoms with van der Waals surface area (Å²) in [7, 11) is 0. The van der Waals surface area contributed by atoms with Gasteiger partial charge in [0.2, 0.25) is 0 Å². The molecule has 1 aromatic rings. The summed E-state index contributed by atoms with van der Waals surface area (Å²) in [6.45, 7) is 0.934. The van der Waals surface area contributed by atoms with Crippen molar-refractivity contribution in [1.29, 1.82) is 0 Å². The van der Waals surface area contributed by atoms with E-state index < -0.39 is 62.3 Å². The van der Waals surface area contributed by atoms with Gasteiger partial charge in [0, 0.05) is 3.57 Å². The standard InChI is InChI=1S/C19H27I2N3O8/c1-3-11-12(18(31)22-9(4-25)5-26)14(20)13(19(32)23-10(6-27)7-28)15(21)16(11)24-17(30)8(2)29/h8-10,25-29H,3-7H2,1-2H3,(H,22,31)(H,23,32)(H,24,30)/t8-/m0/s1. The molecule has 0 radical (unpaired) electrons. The van der Waals surface area contributed by atoms with E-state index in [0.717, 1.165) is 0 Å². The molecule has 13 heteroatoms. The van der Waals surface area contributed by atoms with Gasteiger partial charge in [0.05, 0.1) is 58.9 Å². The van der Waals surface area contributed by atoms with Crippen LogP contribution in [-0.2, 0) is 11.2 Å². The fraction of sp³-hybridized carbons (Fsp3) is 0.526. The largest absolute Gasteiger partial charge is 0.394 e. The summed E-state index contributed by atoms with van der Waals surface area (Å²) >= 11 is 3.65. The average Bonchev–Trinajstić information content (AvgIpc) is 2.76. The van der Waals surface area contributed by atoms with Crippen LogP contribution in [0.4, 0.5) is 5.69 Å². The molecule has 0 aromatic heterocycles. The number of carbonyl (C=O) groups excluding carboxylic acids is 3. The summed E-state index contributed by atoms with van der Waals surface area (Å²) in [5.74, 6) is -2.13. The van der Waals surface area contributed by atoms with Crippen LogP contribution in [0, 0.1) is 7.14 Å². The minimum Gasteiger partial charge on any atom is -0.394 e. The molecule has 0 bridgehead atoms. The van der Waals surface area contributed by atoms with Crippen LogP contribution in [0.1, 0.15) is 40.1 Å². The molecular weight excluding hydrogens is 652 g/mol. The molecule has 0 saturated heterocycles. The van der Waals surface area contributed by atoms with E-state index in [9.17, 15) is 39.9 Å². The van der Waals surface area contributed by atoms with Crippen molar-refractivity contribution in [2.75, 3.05) is 31.7 Å². The summed E-state index contributed by atoms with van der Waals surface area (Å²) in [4.78, 5) is 38.3. The van der Waals surface area contributed by atoms with Crippen LogP contribution < -0.4 is 16.0 Å². The molecule has 0 saturated carbocycles. The Balaban J connectivity index is 3.76. The number of carbonyl (C=O) groups is 3. The minimum absolute atomic E-state index is 0.0193. The van der Waals surface area contributed by atoms with Crippen LogP contribution in [0.25, 0.3) is 0 Å². The fourth-order valence-electron chi connectivity index (χ4n) is 2.70.